The Hall–Kier alpha value is -1.77. The molecule has 0 aliphatic carbocycles. The normalized spacial score (nSPS) is 13.1. The molecule has 2 aromatic rings. The van der Waals surface area contributed by atoms with Crippen molar-refractivity contribution in [2.75, 3.05) is 0 Å². The van der Waals surface area contributed by atoms with Crippen LogP contribution in [-0.4, -0.2) is 26.8 Å². The molecule has 9 heteroatoms. The summed E-state index contributed by atoms with van der Waals surface area (Å²) in [4.78, 5) is 27.9. The number of hydrogen-bond acceptors (Lipinski definition) is 3. The van der Waals surface area contributed by atoms with Gasteiger partial charge in [0, 0.05) is 21.1 Å². The smallest absolute Gasteiger partial charge is 0.321 e. The Morgan fingerprint density at radius 2 is 1.52 bits per heavy atom. The van der Waals surface area contributed by atoms with Crippen LogP contribution in [0.4, 0.5) is 8.78 Å². The van der Waals surface area contributed by atoms with E-state index in [9.17, 15) is 18.4 Å². The highest BCUT2D eigenvalue weighted by Gasteiger charge is 2.50. The summed E-state index contributed by atoms with van der Waals surface area (Å²) in [6.45, 7) is 4.59. The maximum atomic E-state index is 14.6. The fraction of sp³-hybridized carbons (Fsp3) is 0.583. The highest BCUT2D eigenvalue weighted by atomic mass is 28.3. The quantitative estimate of drug-likeness (QED) is 0.775. The number of hydrogen-bond donors (Lipinski definition) is 0. The molecule has 2 aromatic heterocycles. The predicted molar refractivity (Wildman–Crippen MR) is 78.4 cm³/mol. The second-order valence-electron chi connectivity index (χ2n) is 6.20. The van der Waals surface area contributed by atoms with Crippen LogP contribution in [0, 0.1) is 0 Å². The molecule has 0 amide bonds. The van der Waals surface area contributed by atoms with Crippen LogP contribution in [0.5, 0.6) is 0 Å². The summed E-state index contributed by atoms with van der Waals surface area (Å²) in [5.74, 6) is -0.463. The van der Waals surface area contributed by atoms with Crippen molar-refractivity contribution in [1.82, 2.24) is 18.7 Å². The van der Waals surface area contributed by atoms with E-state index in [0.717, 1.165) is 13.7 Å². The molecule has 0 aromatic carbocycles. The molecule has 0 saturated carbocycles. The van der Waals surface area contributed by atoms with E-state index in [-0.39, 0.29) is 11.2 Å². The fourth-order valence-electron chi connectivity index (χ4n) is 2.13. The van der Waals surface area contributed by atoms with E-state index in [1.54, 1.807) is 0 Å². The first kappa shape index (κ1) is 15.6. The van der Waals surface area contributed by atoms with Gasteiger partial charge in [-0.3, -0.25) is 13.9 Å². The van der Waals surface area contributed by atoms with E-state index in [1.165, 1.54) is 40.8 Å². The summed E-state index contributed by atoms with van der Waals surface area (Å²) in [5, 5.41) is 0. The molecule has 2 heterocycles. The lowest BCUT2D eigenvalue weighted by atomic mass is 10.5. The van der Waals surface area contributed by atoms with Crippen molar-refractivity contribution >= 4 is 19.2 Å². The summed E-state index contributed by atoms with van der Waals surface area (Å²) in [6.07, 6.45) is 0. The van der Waals surface area contributed by atoms with Crippen LogP contribution in [0.1, 0.15) is 5.82 Å². The zero-order valence-electron chi connectivity index (χ0n) is 12.9. The summed E-state index contributed by atoms with van der Waals surface area (Å²) in [7, 11) is 1.21. The molecule has 0 unspecified atom stereocenters. The van der Waals surface area contributed by atoms with Crippen molar-refractivity contribution in [3.05, 3.63) is 26.7 Å². The molecule has 0 bridgehead atoms. The number of halogens is 2. The van der Waals surface area contributed by atoms with Gasteiger partial charge in [0.1, 0.15) is 8.07 Å². The first-order valence-corrected chi connectivity index (χ1v) is 9.92. The molecule has 0 aliphatic heterocycles. The minimum atomic E-state index is -3.11. The van der Waals surface area contributed by atoms with Gasteiger partial charge in [0.2, 0.25) is 0 Å². The number of aryl methyl sites for hydroxylation is 2. The Morgan fingerprint density at radius 3 is 2.00 bits per heavy atom. The summed E-state index contributed by atoms with van der Waals surface area (Å²) < 4.78 is 32.3. The SMILES string of the molecule is Cn1c(=O)c2c(nc(C(F)(F)[Si](C)(C)C)n2C)n(C)c1=O. The van der Waals surface area contributed by atoms with Gasteiger partial charge in [-0.15, -0.1) is 0 Å². The number of alkyl halides is 2. The van der Waals surface area contributed by atoms with Crippen LogP contribution in [0.15, 0.2) is 9.59 Å². The topological polar surface area (TPSA) is 61.8 Å². The van der Waals surface area contributed by atoms with E-state index in [2.05, 4.69) is 4.98 Å². The second-order valence-corrected chi connectivity index (χ2v) is 11.3. The van der Waals surface area contributed by atoms with Gasteiger partial charge in [0.05, 0.1) is 0 Å². The first-order valence-electron chi connectivity index (χ1n) is 6.42. The molecule has 6 nitrogen and oxygen atoms in total. The van der Waals surface area contributed by atoms with Crippen molar-refractivity contribution < 1.29 is 8.78 Å². The highest BCUT2D eigenvalue weighted by molar-refractivity contribution is 6.78. The average Bonchev–Trinajstić information content (AvgIpc) is 2.71. The molecular formula is C12H18F2N4O2Si. The minimum absolute atomic E-state index is 0.00697. The zero-order valence-corrected chi connectivity index (χ0v) is 13.9. The lowest BCUT2D eigenvalue weighted by Gasteiger charge is -2.27. The van der Waals surface area contributed by atoms with E-state index in [1.807, 2.05) is 0 Å². The van der Waals surface area contributed by atoms with Crippen molar-refractivity contribution in [2.45, 2.75) is 25.2 Å². The van der Waals surface area contributed by atoms with Crippen molar-refractivity contribution in [2.24, 2.45) is 21.1 Å². The fourth-order valence-corrected chi connectivity index (χ4v) is 3.03. The van der Waals surface area contributed by atoms with Gasteiger partial charge in [-0.2, -0.15) is 0 Å². The molecule has 0 atom stereocenters. The molecule has 21 heavy (non-hydrogen) atoms. The Bertz CT molecular complexity index is 842. The van der Waals surface area contributed by atoms with E-state index >= 15 is 0 Å². The molecule has 116 valence electrons. The van der Waals surface area contributed by atoms with Crippen LogP contribution in [0.2, 0.25) is 19.6 Å². The van der Waals surface area contributed by atoms with Gasteiger partial charge in [0.15, 0.2) is 17.0 Å². The molecule has 0 spiro atoms. The highest BCUT2D eigenvalue weighted by Crippen LogP contribution is 2.37. The minimum Gasteiger partial charge on any atom is -0.321 e. The van der Waals surface area contributed by atoms with Gasteiger partial charge < -0.3 is 4.57 Å². The van der Waals surface area contributed by atoms with Gasteiger partial charge >= 0.3 is 5.69 Å². The van der Waals surface area contributed by atoms with E-state index < -0.39 is 30.7 Å². The summed E-state index contributed by atoms with van der Waals surface area (Å²) >= 11 is 0. The van der Waals surface area contributed by atoms with Crippen molar-refractivity contribution in [3.8, 4) is 0 Å². The Morgan fingerprint density at radius 1 is 1.00 bits per heavy atom. The van der Waals surface area contributed by atoms with Crippen LogP contribution >= 0.6 is 0 Å². The average molecular weight is 316 g/mol. The molecule has 0 N–H and O–H groups in total. The lowest BCUT2D eigenvalue weighted by Crippen LogP contribution is -2.44. The third-order valence-corrected chi connectivity index (χ3v) is 5.81. The number of fused-ring (bicyclic) bond motifs is 1. The van der Waals surface area contributed by atoms with Crippen LogP contribution in [0.3, 0.4) is 0 Å². The second kappa shape index (κ2) is 4.36. The third kappa shape index (κ3) is 1.98. The molecule has 0 fully saturated rings. The third-order valence-electron chi connectivity index (χ3n) is 3.70. The lowest BCUT2D eigenvalue weighted by molar-refractivity contribution is 0.0665. The number of nitrogens with zero attached hydrogens (tertiary/aromatic N) is 4. The standard InChI is InChI=1S/C12H18F2N4O2Si/c1-16-7-8(17(2)11(20)18(3)9(7)19)15-10(16)12(13,14)21(4,5)6/h1-6H3. The van der Waals surface area contributed by atoms with Crippen LogP contribution in [0.25, 0.3) is 11.2 Å². The van der Waals surface area contributed by atoms with Gasteiger partial charge in [-0.25, -0.2) is 18.6 Å². The summed E-state index contributed by atoms with van der Waals surface area (Å²) in [6, 6.07) is 0. The molecule has 0 saturated heterocycles. The van der Waals surface area contributed by atoms with E-state index in [4.69, 9.17) is 0 Å². The number of rotatable bonds is 2. The van der Waals surface area contributed by atoms with Gasteiger partial charge in [0.25, 0.3) is 11.1 Å². The Kier molecular flexibility index (Phi) is 3.24. The largest absolute Gasteiger partial charge is 0.332 e. The molecular weight excluding hydrogens is 298 g/mol. The van der Waals surface area contributed by atoms with Gasteiger partial charge in [-0.05, 0) is 0 Å². The number of aromatic nitrogens is 4. The monoisotopic (exact) mass is 316 g/mol. The first-order chi connectivity index (χ1) is 9.41. The maximum Gasteiger partial charge on any atom is 0.332 e. The van der Waals surface area contributed by atoms with Crippen LogP contribution < -0.4 is 11.2 Å². The maximum absolute atomic E-state index is 14.6. The predicted octanol–water partition coefficient (Wildman–Crippen LogP) is 0.940. The van der Waals surface area contributed by atoms with Crippen LogP contribution in [-0.2, 0) is 26.7 Å². The Labute approximate surface area is 120 Å². The molecule has 2 rings (SSSR count). The zero-order chi connectivity index (χ0) is 16.3. The van der Waals surface area contributed by atoms with E-state index in [0.29, 0.717) is 0 Å². The Balaban J connectivity index is 2.99. The molecule has 0 aliphatic rings. The number of imidazole rings is 1. The molecule has 0 radical (unpaired) electrons. The van der Waals surface area contributed by atoms with Crippen molar-refractivity contribution in [3.63, 3.8) is 0 Å². The van der Waals surface area contributed by atoms with Crippen molar-refractivity contribution in [1.29, 1.82) is 0 Å². The van der Waals surface area contributed by atoms with Gasteiger partial charge in [-0.1, -0.05) is 19.6 Å². The summed E-state index contributed by atoms with van der Waals surface area (Å²) in [5.41, 5.74) is -4.33.